The SMILES string of the molecule is CCCC1=C(C(=O)OC)C(c2cc(OC)c(OCC)c([N+](=O)[O-])c2)NC(=O)N1. The number of nitrogens with zero attached hydrogens (tertiary/aromatic N) is 1. The predicted octanol–water partition coefficient (Wildman–Crippen LogP) is 2.58. The molecule has 10 heteroatoms. The summed E-state index contributed by atoms with van der Waals surface area (Å²) >= 11 is 0. The number of methoxy groups -OCH3 is 2. The van der Waals surface area contributed by atoms with Crippen molar-refractivity contribution in [3.8, 4) is 11.5 Å². The summed E-state index contributed by atoms with van der Waals surface area (Å²) in [5, 5.41) is 16.8. The molecule has 10 nitrogen and oxygen atoms in total. The molecule has 0 saturated carbocycles. The maximum Gasteiger partial charge on any atom is 0.337 e. The van der Waals surface area contributed by atoms with E-state index in [2.05, 4.69) is 10.6 Å². The molecule has 0 spiro atoms. The number of nitrogens with one attached hydrogen (secondary N) is 2. The van der Waals surface area contributed by atoms with Gasteiger partial charge in [-0.2, -0.15) is 0 Å². The van der Waals surface area contributed by atoms with E-state index >= 15 is 0 Å². The lowest BCUT2D eigenvalue weighted by Gasteiger charge is -2.29. The molecule has 2 N–H and O–H groups in total. The number of amides is 2. The van der Waals surface area contributed by atoms with E-state index in [9.17, 15) is 19.7 Å². The molecule has 28 heavy (non-hydrogen) atoms. The zero-order chi connectivity index (χ0) is 20.8. The van der Waals surface area contributed by atoms with Crippen molar-refractivity contribution >= 4 is 17.7 Å². The van der Waals surface area contributed by atoms with Crippen LogP contribution in [-0.4, -0.2) is 37.8 Å². The Hall–Kier alpha value is -3.30. The molecule has 2 amide bonds. The van der Waals surface area contributed by atoms with E-state index in [1.807, 2.05) is 6.92 Å². The zero-order valence-corrected chi connectivity index (χ0v) is 16.2. The molecule has 0 saturated heterocycles. The van der Waals surface area contributed by atoms with Gasteiger partial charge in [-0.05, 0) is 25.0 Å². The van der Waals surface area contributed by atoms with Gasteiger partial charge >= 0.3 is 17.7 Å². The van der Waals surface area contributed by atoms with E-state index in [1.165, 1.54) is 26.4 Å². The van der Waals surface area contributed by atoms with Crippen LogP contribution >= 0.6 is 0 Å². The molecule has 2 rings (SSSR count). The van der Waals surface area contributed by atoms with E-state index in [0.717, 1.165) is 0 Å². The van der Waals surface area contributed by atoms with Gasteiger partial charge in [-0.15, -0.1) is 0 Å². The summed E-state index contributed by atoms with van der Waals surface area (Å²) < 4.78 is 15.5. The van der Waals surface area contributed by atoms with Gasteiger partial charge in [0.1, 0.15) is 0 Å². The van der Waals surface area contributed by atoms with Gasteiger partial charge in [0.15, 0.2) is 5.75 Å². The number of benzene rings is 1. The summed E-state index contributed by atoms with van der Waals surface area (Å²) in [6.07, 6.45) is 1.11. The lowest BCUT2D eigenvalue weighted by molar-refractivity contribution is -0.386. The van der Waals surface area contributed by atoms with Crippen LogP contribution in [0.25, 0.3) is 0 Å². The lowest BCUT2D eigenvalue weighted by Crippen LogP contribution is -2.45. The Labute approximate surface area is 162 Å². The van der Waals surface area contributed by atoms with Crippen molar-refractivity contribution in [1.82, 2.24) is 10.6 Å². The number of carbonyl (C=O) groups excluding carboxylic acids is 2. The number of hydrogen-bond donors (Lipinski definition) is 2. The number of urea groups is 1. The normalized spacial score (nSPS) is 16.1. The molecule has 152 valence electrons. The first-order valence-electron chi connectivity index (χ1n) is 8.75. The summed E-state index contributed by atoms with van der Waals surface area (Å²) in [6.45, 7) is 3.80. The van der Waals surface area contributed by atoms with Crippen LogP contribution < -0.4 is 20.1 Å². The average Bonchev–Trinajstić information content (AvgIpc) is 2.67. The van der Waals surface area contributed by atoms with Crippen LogP contribution in [0.4, 0.5) is 10.5 Å². The van der Waals surface area contributed by atoms with Gasteiger partial charge in [-0.1, -0.05) is 13.3 Å². The summed E-state index contributed by atoms with van der Waals surface area (Å²) in [5.74, 6) is -0.534. The van der Waals surface area contributed by atoms with Crippen LogP contribution in [-0.2, 0) is 9.53 Å². The zero-order valence-electron chi connectivity index (χ0n) is 16.2. The number of carbonyl (C=O) groups is 2. The molecular formula is C18H23N3O7. The van der Waals surface area contributed by atoms with Crippen molar-refractivity contribution in [2.24, 2.45) is 0 Å². The van der Waals surface area contributed by atoms with E-state index < -0.39 is 23.0 Å². The van der Waals surface area contributed by atoms with E-state index in [4.69, 9.17) is 14.2 Å². The van der Waals surface area contributed by atoms with E-state index in [-0.39, 0.29) is 29.4 Å². The second kappa shape index (κ2) is 9.07. The highest BCUT2D eigenvalue weighted by atomic mass is 16.6. The molecule has 0 fully saturated rings. The fourth-order valence-electron chi connectivity index (χ4n) is 3.02. The topological polar surface area (TPSA) is 129 Å². The van der Waals surface area contributed by atoms with Gasteiger partial charge < -0.3 is 24.8 Å². The number of rotatable bonds is 8. The van der Waals surface area contributed by atoms with E-state index in [1.54, 1.807) is 6.92 Å². The number of allylic oxidation sites excluding steroid dienone is 1. The Morgan fingerprint density at radius 3 is 2.54 bits per heavy atom. The molecule has 1 heterocycles. The number of nitro groups is 1. The van der Waals surface area contributed by atoms with Gasteiger partial charge in [-0.3, -0.25) is 10.1 Å². The molecule has 0 bridgehead atoms. The Kier molecular flexibility index (Phi) is 6.80. The van der Waals surface area contributed by atoms with Crippen molar-refractivity contribution in [1.29, 1.82) is 0 Å². The summed E-state index contributed by atoms with van der Waals surface area (Å²) in [5.41, 5.74) is 0.573. The van der Waals surface area contributed by atoms with Crippen LogP contribution in [0.2, 0.25) is 0 Å². The predicted molar refractivity (Wildman–Crippen MR) is 99.2 cm³/mol. The van der Waals surface area contributed by atoms with Gasteiger partial charge in [0.25, 0.3) is 0 Å². The maximum absolute atomic E-state index is 12.4. The fourth-order valence-corrected chi connectivity index (χ4v) is 3.02. The average molecular weight is 393 g/mol. The maximum atomic E-state index is 12.4. The second-order valence-corrected chi connectivity index (χ2v) is 5.93. The highest BCUT2D eigenvalue weighted by Gasteiger charge is 2.35. The van der Waals surface area contributed by atoms with Gasteiger partial charge in [0.2, 0.25) is 5.75 Å². The molecule has 0 radical (unpaired) electrons. The quantitative estimate of drug-likeness (QED) is 0.394. The Morgan fingerprint density at radius 2 is 2.00 bits per heavy atom. The minimum Gasteiger partial charge on any atom is -0.493 e. The van der Waals surface area contributed by atoms with E-state index in [0.29, 0.717) is 24.1 Å². The van der Waals surface area contributed by atoms with Gasteiger partial charge in [0, 0.05) is 11.8 Å². The number of nitro benzene ring substituents is 1. The molecule has 1 aliphatic heterocycles. The summed E-state index contributed by atoms with van der Waals surface area (Å²) in [6, 6.07) is 1.31. The highest BCUT2D eigenvalue weighted by Crippen LogP contribution is 2.41. The Bertz CT molecular complexity index is 820. The standard InChI is InChI=1S/C18H23N3O7/c1-5-7-11-14(17(22)27-4)15(20-18(23)19-11)10-8-12(21(24)25)16(28-6-2)13(9-10)26-3/h8-9,15H,5-7H2,1-4H3,(H2,19,20,23). The van der Waals surface area contributed by atoms with Crippen molar-refractivity contribution < 1.29 is 28.7 Å². The molecule has 1 aromatic carbocycles. The molecule has 1 unspecified atom stereocenters. The first-order chi connectivity index (χ1) is 13.4. The Balaban J connectivity index is 2.70. The number of esters is 1. The minimum atomic E-state index is -0.939. The third-order valence-electron chi connectivity index (χ3n) is 4.16. The minimum absolute atomic E-state index is 0.0172. The van der Waals surface area contributed by atoms with Crippen molar-refractivity contribution in [3.63, 3.8) is 0 Å². The smallest absolute Gasteiger partial charge is 0.337 e. The monoisotopic (exact) mass is 393 g/mol. The highest BCUT2D eigenvalue weighted by molar-refractivity contribution is 5.95. The first-order valence-corrected chi connectivity index (χ1v) is 8.75. The van der Waals surface area contributed by atoms with Crippen molar-refractivity contribution in [2.45, 2.75) is 32.7 Å². The van der Waals surface area contributed by atoms with Gasteiger partial charge in [-0.25, -0.2) is 9.59 Å². The third-order valence-corrected chi connectivity index (χ3v) is 4.16. The molecule has 1 aromatic rings. The third kappa shape index (κ3) is 4.16. The molecule has 1 atom stereocenters. The lowest BCUT2D eigenvalue weighted by atomic mass is 9.93. The fraction of sp³-hybridized carbons (Fsp3) is 0.444. The molecule has 0 aromatic heterocycles. The van der Waals surface area contributed by atoms with Crippen LogP contribution in [0.3, 0.4) is 0 Å². The van der Waals surface area contributed by atoms with Crippen LogP contribution in [0.1, 0.15) is 38.3 Å². The second-order valence-electron chi connectivity index (χ2n) is 5.93. The molecule has 1 aliphatic rings. The molecular weight excluding hydrogens is 370 g/mol. The molecule has 0 aliphatic carbocycles. The van der Waals surface area contributed by atoms with Crippen LogP contribution in [0.15, 0.2) is 23.4 Å². The van der Waals surface area contributed by atoms with Crippen LogP contribution in [0.5, 0.6) is 11.5 Å². The largest absolute Gasteiger partial charge is 0.493 e. The van der Waals surface area contributed by atoms with Crippen molar-refractivity contribution in [2.75, 3.05) is 20.8 Å². The first kappa shape index (κ1) is 21.0. The summed E-state index contributed by atoms with van der Waals surface area (Å²) in [4.78, 5) is 35.5. The van der Waals surface area contributed by atoms with Crippen LogP contribution in [0, 0.1) is 10.1 Å². The van der Waals surface area contributed by atoms with Gasteiger partial charge in [0.05, 0.1) is 37.4 Å². The summed E-state index contributed by atoms with van der Waals surface area (Å²) in [7, 11) is 2.58. The van der Waals surface area contributed by atoms with Crippen molar-refractivity contribution in [3.05, 3.63) is 39.1 Å². The Morgan fingerprint density at radius 1 is 1.29 bits per heavy atom. The number of hydrogen-bond acceptors (Lipinski definition) is 7. The number of ether oxygens (including phenoxy) is 3.